The van der Waals surface area contributed by atoms with Gasteiger partial charge in [0.05, 0.1) is 15.2 Å². The van der Waals surface area contributed by atoms with E-state index >= 15 is 0 Å². The van der Waals surface area contributed by atoms with Gasteiger partial charge in [0.15, 0.2) is 0 Å². The minimum Gasteiger partial charge on any atom is -0.287 e. The maximum absolute atomic E-state index is 13.1. The van der Waals surface area contributed by atoms with Gasteiger partial charge in [0, 0.05) is 13.1 Å². The smallest absolute Gasteiger partial charge is 0.265 e. The number of hydrogen-bond acceptors (Lipinski definition) is 6. The molecule has 0 aromatic heterocycles. The van der Waals surface area contributed by atoms with Gasteiger partial charge < -0.3 is 0 Å². The topological polar surface area (TPSA) is 122 Å². The number of nitrogens with zero attached hydrogens (tertiary/aromatic N) is 2. The Morgan fingerprint density at radius 1 is 0.677 bits per heavy atom. The molecule has 164 valence electrons. The summed E-state index contributed by atoms with van der Waals surface area (Å²) in [5.74, 6) is -0.473. The first-order valence-electron chi connectivity index (χ1n) is 9.87. The molecule has 0 atom stereocenters. The average molecular weight is 461 g/mol. The Morgan fingerprint density at radius 3 is 1.32 bits per heavy atom. The molecule has 0 aliphatic carbocycles. The third-order valence-corrected chi connectivity index (χ3v) is 9.73. The summed E-state index contributed by atoms with van der Waals surface area (Å²) in [6.07, 6.45) is 0.408. The standard InChI is InChI=1S/C21H24N4O4S2/c1-15-3-7-17(8-4-15)30(26,27)24-13-11-21(19(24)22)12-14-25(20(21)23)31(28,29)18-9-5-16(2)6-10-18/h3-10,22-23H,11-14H2,1-2H3. The van der Waals surface area contributed by atoms with Gasteiger partial charge in [0.2, 0.25) is 0 Å². The largest absolute Gasteiger partial charge is 0.287 e. The number of amidine groups is 2. The number of rotatable bonds is 4. The molecule has 2 fully saturated rings. The summed E-state index contributed by atoms with van der Waals surface area (Å²) in [7, 11) is -7.91. The van der Waals surface area contributed by atoms with E-state index in [9.17, 15) is 16.8 Å². The van der Waals surface area contributed by atoms with E-state index in [1.165, 1.54) is 24.3 Å². The van der Waals surface area contributed by atoms with Gasteiger partial charge in [-0.25, -0.2) is 16.8 Å². The second-order valence-corrected chi connectivity index (χ2v) is 11.8. The monoisotopic (exact) mass is 460 g/mol. The Bertz CT molecular complexity index is 1170. The van der Waals surface area contributed by atoms with Crippen LogP contribution in [0.1, 0.15) is 24.0 Å². The third-order valence-electron chi connectivity index (χ3n) is 6.11. The molecular formula is C21H24N4O4S2. The molecule has 2 aromatic carbocycles. The normalized spacial score (nSPS) is 22.0. The highest BCUT2D eigenvalue weighted by Crippen LogP contribution is 2.45. The molecule has 0 saturated carbocycles. The van der Waals surface area contributed by atoms with Crippen molar-refractivity contribution in [3.8, 4) is 0 Å². The number of hydrogen-bond donors (Lipinski definition) is 2. The predicted molar refractivity (Wildman–Crippen MR) is 117 cm³/mol. The van der Waals surface area contributed by atoms with Crippen molar-refractivity contribution in [3.05, 3.63) is 59.7 Å². The molecule has 10 heteroatoms. The van der Waals surface area contributed by atoms with Gasteiger partial charge in [-0.15, -0.1) is 0 Å². The Balaban J connectivity index is 1.64. The fraction of sp³-hybridized carbons (Fsp3) is 0.333. The van der Waals surface area contributed by atoms with E-state index in [0.29, 0.717) is 0 Å². The van der Waals surface area contributed by atoms with Crippen LogP contribution in [0.4, 0.5) is 0 Å². The van der Waals surface area contributed by atoms with Crippen LogP contribution >= 0.6 is 0 Å². The van der Waals surface area contributed by atoms with E-state index in [-0.39, 0.29) is 47.4 Å². The molecule has 2 aromatic rings. The summed E-state index contributed by atoms with van der Waals surface area (Å²) in [5.41, 5.74) is 0.609. The summed E-state index contributed by atoms with van der Waals surface area (Å²) >= 11 is 0. The second-order valence-electron chi connectivity index (χ2n) is 8.06. The Hall–Kier alpha value is -2.72. The zero-order chi connectivity index (χ0) is 22.6. The molecule has 1 spiro atoms. The van der Waals surface area contributed by atoms with Crippen molar-refractivity contribution in [3.63, 3.8) is 0 Å². The van der Waals surface area contributed by atoms with Crippen LogP contribution < -0.4 is 0 Å². The minimum atomic E-state index is -3.96. The number of nitrogens with one attached hydrogen (secondary N) is 2. The molecule has 8 nitrogen and oxygen atoms in total. The summed E-state index contributed by atoms with van der Waals surface area (Å²) in [5, 5.41) is 17.3. The Kier molecular flexibility index (Phi) is 4.97. The van der Waals surface area contributed by atoms with Crippen LogP contribution in [0.3, 0.4) is 0 Å². The fourth-order valence-corrected chi connectivity index (χ4v) is 7.11. The van der Waals surface area contributed by atoms with Crippen LogP contribution in [0.25, 0.3) is 0 Å². The van der Waals surface area contributed by atoms with E-state index in [0.717, 1.165) is 19.7 Å². The van der Waals surface area contributed by atoms with Crippen molar-refractivity contribution in [1.82, 2.24) is 8.61 Å². The van der Waals surface area contributed by atoms with Gasteiger partial charge >= 0.3 is 0 Å². The summed E-state index contributed by atoms with van der Waals surface area (Å²) in [6, 6.07) is 12.7. The molecule has 4 rings (SSSR count). The number of benzene rings is 2. The molecule has 2 saturated heterocycles. The van der Waals surface area contributed by atoms with Gasteiger partial charge in [-0.3, -0.25) is 19.4 Å². The van der Waals surface area contributed by atoms with Crippen molar-refractivity contribution < 1.29 is 16.8 Å². The Morgan fingerprint density at radius 2 is 1.00 bits per heavy atom. The van der Waals surface area contributed by atoms with Gasteiger partial charge in [-0.05, 0) is 51.0 Å². The molecule has 0 radical (unpaired) electrons. The van der Waals surface area contributed by atoms with E-state index in [1.54, 1.807) is 24.3 Å². The zero-order valence-corrected chi connectivity index (χ0v) is 18.9. The van der Waals surface area contributed by atoms with E-state index < -0.39 is 25.5 Å². The molecule has 31 heavy (non-hydrogen) atoms. The van der Waals surface area contributed by atoms with Crippen LogP contribution in [0.2, 0.25) is 0 Å². The first-order chi connectivity index (χ1) is 14.5. The van der Waals surface area contributed by atoms with E-state index in [2.05, 4.69) is 0 Å². The van der Waals surface area contributed by atoms with Crippen LogP contribution in [0.15, 0.2) is 58.3 Å². The molecule has 2 aliphatic heterocycles. The lowest BCUT2D eigenvalue weighted by molar-refractivity contribution is 0.528. The summed E-state index contributed by atoms with van der Waals surface area (Å²) in [4.78, 5) is 0.155. The third kappa shape index (κ3) is 3.25. The minimum absolute atomic E-state index is 0.0375. The first kappa shape index (κ1) is 21.5. The molecule has 2 heterocycles. The molecule has 0 amide bonds. The lowest BCUT2D eigenvalue weighted by Gasteiger charge is -2.27. The van der Waals surface area contributed by atoms with Crippen LogP contribution in [0, 0.1) is 30.1 Å². The maximum atomic E-state index is 13.1. The van der Waals surface area contributed by atoms with Crippen LogP contribution in [-0.4, -0.2) is 50.2 Å². The molecular weight excluding hydrogens is 436 g/mol. The summed E-state index contributed by atoms with van der Waals surface area (Å²) in [6.45, 7) is 3.78. The number of aryl methyl sites for hydroxylation is 2. The van der Waals surface area contributed by atoms with Crippen molar-refractivity contribution >= 4 is 31.7 Å². The first-order valence-corrected chi connectivity index (χ1v) is 12.7. The lowest BCUT2D eigenvalue weighted by Crippen LogP contribution is -2.43. The quantitative estimate of drug-likeness (QED) is 0.728. The van der Waals surface area contributed by atoms with Crippen LogP contribution in [0.5, 0.6) is 0 Å². The summed E-state index contributed by atoms with van der Waals surface area (Å²) < 4.78 is 54.5. The van der Waals surface area contributed by atoms with Crippen molar-refractivity contribution in [2.45, 2.75) is 36.5 Å². The maximum Gasteiger partial charge on any atom is 0.265 e. The van der Waals surface area contributed by atoms with Gasteiger partial charge in [-0.1, -0.05) is 35.4 Å². The Labute approximate surface area is 182 Å². The van der Waals surface area contributed by atoms with Crippen molar-refractivity contribution in [2.24, 2.45) is 5.41 Å². The zero-order valence-electron chi connectivity index (χ0n) is 17.3. The predicted octanol–water partition coefficient (Wildman–Crippen LogP) is 2.73. The molecule has 2 aliphatic rings. The van der Waals surface area contributed by atoms with Crippen molar-refractivity contribution in [1.29, 1.82) is 10.8 Å². The van der Waals surface area contributed by atoms with Gasteiger partial charge in [0.1, 0.15) is 11.7 Å². The highest BCUT2D eigenvalue weighted by atomic mass is 32.2. The highest BCUT2D eigenvalue weighted by molar-refractivity contribution is 7.90. The fourth-order valence-electron chi connectivity index (χ4n) is 4.15. The van der Waals surface area contributed by atoms with Crippen LogP contribution in [-0.2, 0) is 20.0 Å². The lowest BCUT2D eigenvalue weighted by atomic mass is 9.84. The average Bonchev–Trinajstić information content (AvgIpc) is 3.24. The van der Waals surface area contributed by atoms with Gasteiger partial charge in [0.25, 0.3) is 20.0 Å². The SMILES string of the molecule is Cc1ccc(S(=O)(=O)N2CCC3(CCN(S(=O)(=O)c4ccc(C)cc4)C3=N)C2=N)cc1. The molecule has 0 bridgehead atoms. The highest BCUT2D eigenvalue weighted by Gasteiger charge is 2.57. The van der Waals surface area contributed by atoms with Gasteiger partial charge in [-0.2, -0.15) is 0 Å². The molecule has 0 unspecified atom stereocenters. The van der Waals surface area contributed by atoms with Crippen molar-refractivity contribution in [2.75, 3.05) is 13.1 Å². The number of sulfonamides is 2. The van der Waals surface area contributed by atoms with E-state index in [1.807, 2.05) is 13.8 Å². The second kappa shape index (κ2) is 7.16. The molecule has 2 N–H and O–H groups in total. The van der Waals surface area contributed by atoms with E-state index in [4.69, 9.17) is 10.8 Å².